The quantitative estimate of drug-likeness (QED) is 0.175. The first kappa shape index (κ1) is 30.7. The highest BCUT2D eigenvalue weighted by atomic mass is 16.5. The van der Waals surface area contributed by atoms with Crippen molar-refractivity contribution in [1.82, 2.24) is 15.2 Å². The first-order valence-corrected chi connectivity index (χ1v) is 15.9. The number of hydrogen-bond acceptors (Lipinski definition) is 5. The van der Waals surface area contributed by atoms with Crippen LogP contribution in [-0.4, -0.2) is 59.3 Å². The number of hydrogen-bond donors (Lipinski definition) is 2. The van der Waals surface area contributed by atoms with Gasteiger partial charge in [-0.15, -0.1) is 0 Å². The lowest BCUT2D eigenvalue weighted by Crippen LogP contribution is -2.46. The fraction of sp³-hybridized carbons (Fsp3) is 0.405. The first-order valence-electron chi connectivity index (χ1n) is 15.9. The zero-order valence-corrected chi connectivity index (χ0v) is 25.1. The number of carbonyl (C=O) groups is 1. The van der Waals surface area contributed by atoms with Crippen molar-refractivity contribution >= 4 is 16.8 Å². The van der Waals surface area contributed by atoms with Crippen LogP contribution in [0.3, 0.4) is 0 Å². The second kappa shape index (κ2) is 16.2. The zero-order chi connectivity index (χ0) is 29.7. The molecule has 0 aliphatic carbocycles. The van der Waals surface area contributed by atoms with Crippen molar-refractivity contribution in [2.75, 3.05) is 26.2 Å². The van der Waals surface area contributed by atoms with Crippen molar-refractivity contribution in [1.29, 1.82) is 0 Å². The molecule has 43 heavy (non-hydrogen) atoms. The van der Waals surface area contributed by atoms with Gasteiger partial charge in [-0.05, 0) is 99.8 Å². The molecular weight excluding hydrogens is 534 g/mol. The van der Waals surface area contributed by atoms with E-state index in [4.69, 9.17) is 4.74 Å². The topological polar surface area (TPSA) is 74.7 Å². The summed E-state index contributed by atoms with van der Waals surface area (Å²) in [4.78, 5) is 20.0. The molecule has 1 saturated heterocycles. The summed E-state index contributed by atoms with van der Waals surface area (Å²) < 4.78 is 5.97. The van der Waals surface area contributed by atoms with Crippen LogP contribution in [0.5, 0.6) is 5.75 Å². The maximum Gasteiger partial charge on any atom is 0.223 e. The van der Waals surface area contributed by atoms with E-state index in [2.05, 4.69) is 75.9 Å². The van der Waals surface area contributed by atoms with Crippen LogP contribution in [0.2, 0.25) is 0 Å². The molecule has 0 radical (unpaired) electrons. The summed E-state index contributed by atoms with van der Waals surface area (Å²) in [6.07, 6.45) is 8.98. The van der Waals surface area contributed by atoms with Crippen LogP contribution in [0.25, 0.3) is 10.9 Å². The molecule has 0 bridgehead atoms. The Labute approximate surface area is 256 Å². The number of pyridine rings is 1. The van der Waals surface area contributed by atoms with Crippen molar-refractivity contribution in [3.05, 3.63) is 108 Å². The van der Waals surface area contributed by atoms with Gasteiger partial charge in [-0.25, -0.2) is 0 Å². The molecule has 0 spiro atoms. The van der Waals surface area contributed by atoms with Crippen molar-refractivity contribution in [3.8, 4) is 5.75 Å². The first-order chi connectivity index (χ1) is 21.1. The Bertz CT molecular complexity index is 1340. The van der Waals surface area contributed by atoms with Crippen molar-refractivity contribution in [2.24, 2.45) is 5.92 Å². The van der Waals surface area contributed by atoms with E-state index in [1.165, 1.54) is 11.1 Å². The van der Waals surface area contributed by atoms with Crippen LogP contribution in [0.4, 0.5) is 0 Å². The van der Waals surface area contributed by atoms with Crippen LogP contribution in [0, 0.1) is 5.92 Å². The molecule has 6 heteroatoms. The largest absolute Gasteiger partial charge is 0.490 e. The second-order valence-corrected chi connectivity index (χ2v) is 11.8. The molecule has 1 aromatic heterocycles. The van der Waals surface area contributed by atoms with Gasteiger partial charge < -0.3 is 20.1 Å². The van der Waals surface area contributed by atoms with E-state index in [1.54, 1.807) is 6.20 Å². The highest BCUT2D eigenvalue weighted by Gasteiger charge is 2.27. The number of aliphatic hydroxyl groups is 1. The third-order valence-electron chi connectivity index (χ3n) is 8.53. The number of fused-ring (bicyclic) bond motifs is 1. The average molecular weight is 580 g/mol. The number of benzene rings is 3. The Morgan fingerprint density at radius 2 is 1.51 bits per heavy atom. The van der Waals surface area contributed by atoms with Crippen LogP contribution in [-0.2, 0) is 17.6 Å². The molecule has 1 atom stereocenters. The molecule has 4 aromatic rings. The lowest BCUT2D eigenvalue weighted by Gasteiger charge is -2.33. The number of aryl methyl sites for hydroxylation is 2. The SMILES string of the molecule is O=C(NC(CCCc1ccccc1)CCCc1ccccc1)C1CCN(CC(O)COc2cccc3ncccc23)CC1. The van der Waals surface area contributed by atoms with E-state index in [9.17, 15) is 9.90 Å². The minimum absolute atomic E-state index is 0.0265. The van der Waals surface area contributed by atoms with Crippen molar-refractivity contribution in [2.45, 2.75) is 63.5 Å². The molecule has 5 rings (SSSR count). The van der Waals surface area contributed by atoms with E-state index in [0.717, 1.165) is 81.1 Å². The zero-order valence-electron chi connectivity index (χ0n) is 25.1. The van der Waals surface area contributed by atoms with Crippen molar-refractivity contribution in [3.63, 3.8) is 0 Å². The number of carbonyl (C=O) groups excluding carboxylic acids is 1. The fourth-order valence-corrected chi connectivity index (χ4v) is 6.12. The van der Waals surface area contributed by atoms with Crippen LogP contribution >= 0.6 is 0 Å². The van der Waals surface area contributed by atoms with Crippen molar-refractivity contribution < 1.29 is 14.6 Å². The third kappa shape index (κ3) is 9.63. The maximum atomic E-state index is 13.4. The molecule has 3 aromatic carbocycles. The second-order valence-electron chi connectivity index (χ2n) is 11.8. The summed E-state index contributed by atoms with van der Waals surface area (Å²) in [5.74, 6) is 0.957. The number of amides is 1. The molecule has 1 unspecified atom stereocenters. The van der Waals surface area contributed by atoms with Gasteiger partial charge in [0.1, 0.15) is 18.5 Å². The van der Waals surface area contributed by atoms with E-state index in [0.29, 0.717) is 6.54 Å². The maximum absolute atomic E-state index is 13.4. The molecule has 1 aliphatic heterocycles. The Balaban J connectivity index is 1.06. The predicted molar refractivity (Wildman–Crippen MR) is 173 cm³/mol. The fourth-order valence-electron chi connectivity index (χ4n) is 6.12. The number of β-amino-alcohol motifs (C(OH)–C–C–N with tert-alkyl or cyclic N) is 1. The van der Waals surface area contributed by atoms with Gasteiger partial charge in [0.2, 0.25) is 5.91 Å². The third-order valence-corrected chi connectivity index (χ3v) is 8.53. The summed E-state index contributed by atoms with van der Waals surface area (Å²) in [6.45, 7) is 2.38. The average Bonchev–Trinajstić information content (AvgIpc) is 3.05. The lowest BCUT2D eigenvalue weighted by molar-refractivity contribution is -0.127. The summed E-state index contributed by atoms with van der Waals surface area (Å²) >= 11 is 0. The number of nitrogens with one attached hydrogen (secondary N) is 1. The highest BCUT2D eigenvalue weighted by Crippen LogP contribution is 2.24. The molecule has 1 amide bonds. The summed E-state index contributed by atoms with van der Waals surface area (Å²) in [5, 5.41) is 15.1. The molecule has 2 N–H and O–H groups in total. The van der Waals surface area contributed by atoms with E-state index in [1.807, 2.05) is 30.3 Å². The van der Waals surface area contributed by atoms with Gasteiger partial charge in [-0.1, -0.05) is 66.7 Å². The van der Waals surface area contributed by atoms with Gasteiger partial charge in [-0.3, -0.25) is 9.78 Å². The molecule has 2 heterocycles. The summed E-state index contributed by atoms with van der Waals surface area (Å²) in [6, 6.07) is 31.1. The number of rotatable bonds is 15. The van der Waals surface area contributed by atoms with Gasteiger partial charge in [0.05, 0.1) is 5.52 Å². The molecular formula is C37H45N3O3. The minimum atomic E-state index is -0.601. The van der Waals surface area contributed by atoms with Gasteiger partial charge in [0.15, 0.2) is 0 Å². The number of likely N-dealkylation sites (tertiary alicyclic amines) is 1. The monoisotopic (exact) mass is 579 g/mol. The molecule has 1 fully saturated rings. The highest BCUT2D eigenvalue weighted by molar-refractivity contribution is 5.84. The number of aliphatic hydroxyl groups excluding tert-OH is 1. The number of piperidine rings is 1. The van der Waals surface area contributed by atoms with E-state index < -0.39 is 6.10 Å². The van der Waals surface area contributed by atoms with Gasteiger partial charge >= 0.3 is 0 Å². The van der Waals surface area contributed by atoms with Crippen LogP contribution in [0.1, 0.15) is 49.7 Å². The minimum Gasteiger partial charge on any atom is -0.490 e. The summed E-state index contributed by atoms with van der Waals surface area (Å²) in [7, 11) is 0. The molecule has 1 aliphatic rings. The normalized spacial score (nSPS) is 15.0. The number of aromatic nitrogens is 1. The number of ether oxygens (including phenoxy) is 1. The lowest BCUT2D eigenvalue weighted by atomic mass is 9.94. The van der Waals surface area contributed by atoms with Crippen LogP contribution in [0.15, 0.2) is 97.2 Å². The number of nitrogens with zero attached hydrogens (tertiary/aromatic N) is 2. The van der Waals surface area contributed by atoms with E-state index in [-0.39, 0.29) is 24.5 Å². The van der Waals surface area contributed by atoms with Crippen LogP contribution < -0.4 is 10.1 Å². The molecule has 0 saturated carbocycles. The molecule has 226 valence electrons. The predicted octanol–water partition coefficient (Wildman–Crippen LogP) is 6.22. The summed E-state index contributed by atoms with van der Waals surface area (Å²) in [5.41, 5.74) is 3.58. The Kier molecular flexibility index (Phi) is 11.6. The Morgan fingerprint density at radius 3 is 2.16 bits per heavy atom. The smallest absolute Gasteiger partial charge is 0.223 e. The standard InChI is InChI=1S/C37H45N3O3/c41-33(28-43-36-21-9-20-35-34(36)19-10-24-38-35)27-40-25-22-31(23-26-40)37(42)39-32(17-7-15-29-11-3-1-4-12-29)18-8-16-30-13-5-2-6-14-30/h1-6,9-14,19-21,24,31-33,41H,7-8,15-18,22-23,25-28H2,(H,39,42). The molecule has 6 nitrogen and oxygen atoms in total. The van der Waals surface area contributed by atoms with Gasteiger partial charge in [0.25, 0.3) is 0 Å². The Hall–Kier alpha value is -3.74. The van der Waals surface area contributed by atoms with Gasteiger partial charge in [-0.2, -0.15) is 0 Å². The Morgan fingerprint density at radius 1 is 0.860 bits per heavy atom. The van der Waals surface area contributed by atoms with Gasteiger partial charge in [0, 0.05) is 30.1 Å². The van der Waals surface area contributed by atoms with E-state index >= 15 is 0 Å².